The number of nitrogens with zero attached hydrogens (tertiary/aromatic N) is 5. The van der Waals surface area contributed by atoms with Crippen molar-refractivity contribution in [3.63, 3.8) is 0 Å². The number of aromatic nitrogens is 3. The molecule has 0 N–H and O–H groups in total. The molecule has 3 atom stereocenters. The maximum atomic E-state index is 15.0. The van der Waals surface area contributed by atoms with Crippen LogP contribution in [0.4, 0.5) is 8.78 Å². The van der Waals surface area contributed by atoms with Gasteiger partial charge in [0, 0.05) is 55.1 Å². The molecule has 3 fully saturated rings. The molecule has 1 saturated carbocycles. The van der Waals surface area contributed by atoms with Crippen molar-refractivity contribution >= 4 is 17.5 Å². The summed E-state index contributed by atoms with van der Waals surface area (Å²) in [7, 11) is 0. The lowest BCUT2D eigenvalue weighted by molar-refractivity contribution is -0.137. The Labute approximate surface area is 244 Å². The van der Waals surface area contributed by atoms with Crippen LogP contribution in [0.3, 0.4) is 0 Å². The summed E-state index contributed by atoms with van der Waals surface area (Å²) in [5.41, 5.74) is 2.34. The van der Waals surface area contributed by atoms with Crippen molar-refractivity contribution < 1.29 is 18.3 Å². The summed E-state index contributed by atoms with van der Waals surface area (Å²) in [6.45, 7) is 8.01. The quantitative estimate of drug-likeness (QED) is 0.402. The molecule has 3 unspecified atom stereocenters. The number of likely N-dealkylation sites (tertiary alicyclic amines) is 1. The molecule has 2 aromatic carbocycles. The van der Waals surface area contributed by atoms with Gasteiger partial charge in [-0.3, -0.25) is 9.69 Å². The van der Waals surface area contributed by atoms with Crippen molar-refractivity contribution in [3.8, 4) is 5.69 Å². The van der Waals surface area contributed by atoms with Gasteiger partial charge in [-0.25, -0.2) is 18.4 Å². The molecule has 41 heavy (non-hydrogen) atoms. The number of halogens is 3. The average Bonchev–Trinajstić information content (AvgIpc) is 3.59. The molecule has 3 aliphatic rings. The van der Waals surface area contributed by atoms with Crippen LogP contribution in [-0.4, -0.2) is 75.9 Å². The Hall–Kier alpha value is -2.88. The van der Waals surface area contributed by atoms with E-state index in [4.69, 9.17) is 21.3 Å². The zero-order valence-electron chi connectivity index (χ0n) is 23.5. The van der Waals surface area contributed by atoms with Crippen molar-refractivity contribution in [3.05, 3.63) is 75.8 Å². The summed E-state index contributed by atoms with van der Waals surface area (Å²) in [6, 6.07) is 9.77. The maximum absolute atomic E-state index is 15.0. The maximum Gasteiger partial charge on any atom is 0.226 e. The van der Waals surface area contributed by atoms with Gasteiger partial charge in [0.1, 0.15) is 23.3 Å². The molecular formula is C31H36ClF2N5O2. The van der Waals surface area contributed by atoms with Gasteiger partial charge in [0.25, 0.3) is 0 Å². The molecule has 0 spiro atoms. The molecule has 7 nitrogen and oxygen atoms in total. The lowest BCUT2D eigenvalue weighted by atomic mass is 9.86. The molecule has 3 heterocycles. The van der Waals surface area contributed by atoms with Gasteiger partial charge in [-0.1, -0.05) is 17.7 Å². The molecular weight excluding hydrogens is 548 g/mol. The first-order valence-electron chi connectivity index (χ1n) is 14.5. The highest BCUT2D eigenvalue weighted by Gasteiger charge is 2.45. The molecule has 2 saturated heterocycles. The molecule has 0 bridgehead atoms. The number of aryl methyl sites for hydroxylation is 2. The standard InChI is InChI=1S/C31H36ClF2N5O2/c1-19-15-23(4-6-28(19)32)39-30(35-20(2)36-39)21-7-9-38(10-8-21)31(40)27-18-24(37-11-13-41-14-12-37)17-26(27)25-5-3-22(33)16-29(25)34/h3-6,15-16,21,24,26-27H,7-14,17-18H2,1-2H3. The summed E-state index contributed by atoms with van der Waals surface area (Å²) < 4.78 is 36.2. The second-order valence-corrected chi connectivity index (χ2v) is 12.0. The average molecular weight is 584 g/mol. The van der Waals surface area contributed by atoms with Crippen molar-refractivity contribution in [1.29, 1.82) is 0 Å². The second-order valence-electron chi connectivity index (χ2n) is 11.6. The van der Waals surface area contributed by atoms with Crippen molar-refractivity contribution in [1.82, 2.24) is 24.6 Å². The Kier molecular flexibility index (Phi) is 8.12. The third-order valence-corrected chi connectivity index (χ3v) is 9.50. The minimum atomic E-state index is -0.601. The Morgan fingerprint density at radius 3 is 2.46 bits per heavy atom. The van der Waals surface area contributed by atoms with E-state index in [0.717, 1.165) is 49.1 Å². The monoisotopic (exact) mass is 583 g/mol. The first-order valence-corrected chi connectivity index (χ1v) is 14.9. The summed E-state index contributed by atoms with van der Waals surface area (Å²) in [6.07, 6.45) is 2.89. The van der Waals surface area contributed by atoms with Crippen LogP contribution in [0, 0.1) is 31.4 Å². The van der Waals surface area contributed by atoms with E-state index in [1.165, 1.54) is 12.1 Å². The third-order valence-electron chi connectivity index (χ3n) is 9.07. The van der Waals surface area contributed by atoms with Gasteiger partial charge in [-0.05, 0) is 80.8 Å². The molecule has 0 radical (unpaired) electrons. The first kappa shape index (κ1) is 28.2. The topological polar surface area (TPSA) is 63.5 Å². The lowest BCUT2D eigenvalue weighted by Crippen LogP contribution is -2.44. The fourth-order valence-electron chi connectivity index (χ4n) is 6.91. The molecule has 3 aromatic rings. The van der Waals surface area contributed by atoms with E-state index in [1.54, 1.807) is 0 Å². The van der Waals surface area contributed by atoms with Gasteiger partial charge in [0.05, 0.1) is 18.9 Å². The minimum absolute atomic E-state index is 0.0684. The highest BCUT2D eigenvalue weighted by Crippen LogP contribution is 2.44. The lowest BCUT2D eigenvalue weighted by Gasteiger charge is -2.35. The number of benzene rings is 2. The van der Waals surface area contributed by atoms with E-state index >= 15 is 0 Å². The molecule has 2 aliphatic heterocycles. The van der Waals surface area contributed by atoms with E-state index in [9.17, 15) is 13.6 Å². The Bertz CT molecular complexity index is 1420. The summed E-state index contributed by atoms with van der Waals surface area (Å²) in [5.74, 6) is 0.0308. The van der Waals surface area contributed by atoms with Crippen LogP contribution < -0.4 is 0 Å². The van der Waals surface area contributed by atoms with E-state index < -0.39 is 11.6 Å². The molecule has 1 aromatic heterocycles. The number of hydrogen-bond donors (Lipinski definition) is 0. The fourth-order valence-corrected chi connectivity index (χ4v) is 7.03. The molecule has 218 valence electrons. The van der Waals surface area contributed by atoms with Crippen molar-refractivity contribution in [2.45, 2.75) is 57.4 Å². The van der Waals surface area contributed by atoms with Crippen LogP contribution in [0.1, 0.15) is 60.3 Å². The zero-order valence-corrected chi connectivity index (χ0v) is 24.3. The predicted octanol–water partition coefficient (Wildman–Crippen LogP) is 5.42. The van der Waals surface area contributed by atoms with E-state index in [-0.39, 0.29) is 29.7 Å². The van der Waals surface area contributed by atoms with Gasteiger partial charge >= 0.3 is 0 Å². The zero-order chi connectivity index (χ0) is 28.7. The van der Waals surface area contributed by atoms with E-state index in [0.29, 0.717) is 55.6 Å². The van der Waals surface area contributed by atoms with Crippen LogP contribution in [0.25, 0.3) is 5.69 Å². The molecule has 1 amide bonds. The number of piperidine rings is 1. The number of carbonyl (C=O) groups excluding carboxylic acids is 1. The highest BCUT2D eigenvalue weighted by atomic mass is 35.5. The minimum Gasteiger partial charge on any atom is -0.379 e. The normalized spacial score (nSPS) is 24.2. The Morgan fingerprint density at radius 2 is 1.76 bits per heavy atom. The van der Waals surface area contributed by atoms with Crippen molar-refractivity contribution in [2.75, 3.05) is 39.4 Å². The number of hydrogen-bond acceptors (Lipinski definition) is 5. The molecule has 6 rings (SSSR count). The van der Waals surface area contributed by atoms with E-state index in [1.807, 2.05) is 41.6 Å². The van der Waals surface area contributed by atoms with Crippen LogP contribution in [-0.2, 0) is 9.53 Å². The summed E-state index contributed by atoms with van der Waals surface area (Å²) in [5, 5.41) is 5.37. The van der Waals surface area contributed by atoms with Gasteiger partial charge in [0.15, 0.2) is 0 Å². The van der Waals surface area contributed by atoms with Gasteiger partial charge in [-0.2, -0.15) is 5.10 Å². The smallest absolute Gasteiger partial charge is 0.226 e. The fraction of sp³-hybridized carbons (Fsp3) is 0.516. The molecule has 1 aliphatic carbocycles. The van der Waals surface area contributed by atoms with Crippen molar-refractivity contribution in [2.24, 2.45) is 5.92 Å². The Balaban J connectivity index is 1.19. The van der Waals surface area contributed by atoms with Crippen LogP contribution in [0.2, 0.25) is 5.02 Å². The second kappa shape index (κ2) is 11.8. The summed E-state index contributed by atoms with van der Waals surface area (Å²) in [4.78, 5) is 23.1. The first-order chi connectivity index (χ1) is 19.8. The van der Waals surface area contributed by atoms with E-state index in [2.05, 4.69) is 10.00 Å². The number of amides is 1. The number of carbonyl (C=O) groups is 1. The number of morpholine rings is 1. The number of ether oxygens (including phenoxy) is 1. The van der Waals surface area contributed by atoms with Gasteiger partial charge in [0.2, 0.25) is 5.91 Å². The van der Waals surface area contributed by atoms with Gasteiger partial charge < -0.3 is 9.64 Å². The Morgan fingerprint density at radius 1 is 1.00 bits per heavy atom. The number of rotatable bonds is 5. The van der Waals surface area contributed by atoms with Gasteiger partial charge in [-0.15, -0.1) is 0 Å². The van der Waals surface area contributed by atoms with Crippen LogP contribution in [0.5, 0.6) is 0 Å². The van der Waals surface area contributed by atoms with Crippen LogP contribution in [0.15, 0.2) is 36.4 Å². The van der Waals surface area contributed by atoms with Crippen LogP contribution >= 0.6 is 11.6 Å². The predicted molar refractivity (Wildman–Crippen MR) is 152 cm³/mol. The molecule has 10 heteroatoms. The largest absolute Gasteiger partial charge is 0.379 e. The summed E-state index contributed by atoms with van der Waals surface area (Å²) >= 11 is 6.25. The highest BCUT2D eigenvalue weighted by molar-refractivity contribution is 6.31. The SMILES string of the molecule is Cc1nc(C2CCN(C(=O)C3CC(N4CCOCC4)CC3c3ccc(F)cc3F)CC2)n(-c2ccc(Cl)c(C)c2)n1. The third kappa shape index (κ3) is 5.76.